The van der Waals surface area contributed by atoms with E-state index in [2.05, 4.69) is 26.8 Å². The maximum atomic E-state index is 6.15. The van der Waals surface area contributed by atoms with Gasteiger partial charge in [-0.05, 0) is 31.0 Å². The summed E-state index contributed by atoms with van der Waals surface area (Å²) < 4.78 is 2.29. The van der Waals surface area contributed by atoms with Crippen molar-refractivity contribution < 1.29 is 0 Å². The Morgan fingerprint density at radius 1 is 1.13 bits per heavy atom. The molecule has 4 N–H and O–H groups in total. The fourth-order valence-corrected chi connectivity index (χ4v) is 4.38. The van der Waals surface area contributed by atoms with Crippen molar-refractivity contribution in [1.29, 1.82) is 0 Å². The lowest BCUT2D eigenvalue weighted by molar-refractivity contribution is 0.530. The molecule has 1 aliphatic rings. The molecule has 0 unspecified atom stereocenters. The van der Waals surface area contributed by atoms with Crippen LogP contribution in [0.25, 0.3) is 11.0 Å². The van der Waals surface area contributed by atoms with Gasteiger partial charge in [0.25, 0.3) is 0 Å². The maximum absolute atomic E-state index is 6.15. The number of rotatable bonds is 3. The van der Waals surface area contributed by atoms with Crippen LogP contribution in [0.15, 0.2) is 46.6 Å². The van der Waals surface area contributed by atoms with Gasteiger partial charge >= 0.3 is 0 Å². The van der Waals surface area contributed by atoms with E-state index in [4.69, 9.17) is 11.5 Å². The highest BCUT2D eigenvalue weighted by Crippen LogP contribution is 2.40. The van der Waals surface area contributed by atoms with E-state index in [0.29, 0.717) is 11.9 Å². The van der Waals surface area contributed by atoms with Crippen molar-refractivity contribution in [3.8, 4) is 0 Å². The number of fused-ring (bicyclic) bond motifs is 1. The van der Waals surface area contributed by atoms with Crippen LogP contribution < -0.4 is 11.5 Å². The molecule has 0 bridgehead atoms. The first kappa shape index (κ1) is 14.4. The summed E-state index contributed by atoms with van der Waals surface area (Å²) >= 11 is 1.66. The van der Waals surface area contributed by atoms with Gasteiger partial charge in [0.2, 0.25) is 0 Å². The van der Waals surface area contributed by atoms with Crippen molar-refractivity contribution >= 4 is 34.3 Å². The maximum Gasteiger partial charge on any atom is 0.146 e. The average Bonchev–Trinajstić information content (AvgIpc) is 3.16. The lowest BCUT2D eigenvalue weighted by Gasteiger charge is -2.12. The van der Waals surface area contributed by atoms with Gasteiger partial charge in [-0.1, -0.05) is 30.7 Å². The highest BCUT2D eigenvalue weighted by molar-refractivity contribution is 7.99. The van der Waals surface area contributed by atoms with E-state index in [0.717, 1.165) is 26.5 Å². The van der Waals surface area contributed by atoms with Crippen LogP contribution in [-0.2, 0) is 0 Å². The monoisotopic (exact) mass is 325 g/mol. The quantitative estimate of drug-likeness (QED) is 0.714. The largest absolute Gasteiger partial charge is 0.399 e. The first-order valence-electron chi connectivity index (χ1n) is 7.87. The number of benzene rings is 1. The molecular weight excluding hydrogens is 306 g/mol. The van der Waals surface area contributed by atoms with Crippen LogP contribution >= 0.6 is 11.8 Å². The van der Waals surface area contributed by atoms with Gasteiger partial charge in [-0.15, -0.1) is 0 Å². The number of nitrogen functional groups attached to an aromatic ring is 2. The Hall–Kier alpha value is -2.21. The Bertz CT molecular complexity index is 851. The molecule has 0 atom stereocenters. The Labute approximate surface area is 139 Å². The topological polar surface area (TPSA) is 82.8 Å². The van der Waals surface area contributed by atoms with Gasteiger partial charge in [0, 0.05) is 27.7 Å². The van der Waals surface area contributed by atoms with Crippen LogP contribution in [0, 0.1) is 0 Å². The smallest absolute Gasteiger partial charge is 0.146 e. The standard InChI is InChI=1S/C17H19N5S/c18-11-4-3-7-13(8-11)23-14-9-22(12-5-1-2-6-12)17-15(14)16(19)20-10-21-17/h3-4,7-10,12H,1-2,5-6,18H2,(H2,19,20,21). The van der Waals surface area contributed by atoms with Crippen molar-refractivity contribution in [1.82, 2.24) is 14.5 Å². The van der Waals surface area contributed by atoms with Crippen molar-refractivity contribution in [2.45, 2.75) is 41.5 Å². The molecule has 118 valence electrons. The molecule has 0 amide bonds. The Morgan fingerprint density at radius 2 is 1.96 bits per heavy atom. The molecule has 1 aromatic carbocycles. The lowest BCUT2D eigenvalue weighted by Crippen LogP contribution is -2.04. The fourth-order valence-electron chi connectivity index (χ4n) is 3.32. The number of nitrogens with two attached hydrogens (primary N) is 2. The van der Waals surface area contributed by atoms with Gasteiger partial charge < -0.3 is 16.0 Å². The molecule has 6 heteroatoms. The van der Waals surface area contributed by atoms with Crippen molar-refractivity contribution in [2.75, 3.05) is 11.5 Å². The van der Waals surface area contributed by atoms with E-state index < -0.39 is 0 Å². The first-order chi connectivity index (χ1) is 11.2. The third-order valence-electron chi connectivity index (χ3n) is 4.41. The highest BCUT2D eigenvalue weighted by Gasteiger charge is 2.22. The Morgan fingerprint density at radius 3 is 2.74 bits per heavy atom. The van der Waals surface area contributed by atoms with Gasteiger partial charge in [0.05, 0.1) is 5.39 Å². The molecule has 23 heavy (non-hydrogen) atoms. The van der Waals surface area contributed by atoms with Gasteiger partial charge in [0.1, 0.15) is 17.8 Å². The molecule has 1 fully saturated rings. The van der Waals surface area contributed by atoms with Crippen LogP contribution in [0.4, 0.5) is 11.5 Å². The van der Waals surface area contributed by atoms with Crippen LogP contribution in [0.3, 0.4) is 0 Å². The van der Waals surface area contributed by atoms with E-state index >= 15 is 0 Å². The van der Waals surface area contributed by atoms with Gasteiger partial charge in [0.15, 0.2) is 0 Å². The second-order valence-corrected chi connectivity index (χ2v) is 7.09. The predicted octanol–water partition coefficient (Wildman–Crippen LogP) is 3.86. The summed E-state index contributed by atoms with van der Waals surface area (Å²) in [6.07, 6.45) is 8.70. The number of hydrogen-bond acceptors (Lipinski definition) is 5. The lowest BCUT2D eigenvalue weighted by atomic mass is 10.2. The SMILES string of the molecule is Nc1cccc(Sc2cn(C3CCCC3)c3ncnc(N)c23)c1. The molecular formula is C17H19N5S. The van der Waals surface area contributed by atoms with Gasteiger partial charge in [-0.25, -0.2) is 9.97 Å². The summed E-state index contributed by atoms with van der Waals surface area (Å²) in [4.78, 5) is 10.9. The molecule has 1 saturated carbocycles. The minimum Gasteiger partial charge on any atom is -0.399 e. The normalized spacial score (nSPS) is 15.5. The Kier molecular flexibility index (Phi) is 3.61. The van der Waals surface area contributed by atoms with Gasteiger partial charge in [-0.2, -0.15) is 0 Å². The Balaban J connectivity index is 1.82. The molecule has 3 aromatic rings. The number of nitrogens with zero attached hydrogens (tertiary/aromatic N) is 3. The summed E-state index contributed by atoms with van der Waals surface area (Å²) in [5, 5.41) is 0.951. The molecule has 2 aromatic heterocycles. The van der Waals surface area contributed by atoms with Crippen molar-refractivity contribution in [2.24, 2.45) is 0 Å². The van der Waals surface area contributed by atoms with Crippen LogP contribution in [0.5, 0.6) is 0 Å². The van der Waals surface area contributed by atoms with E-state index in [1.54, 1.807) is 18.1 Å². The second kappa shape index (κ2) is 5.77. The first-order valence-corrected chi connectivity index (χ1v) is 8.68. The average molecular weight is 325 g/mol. The summed E-state index contributed by atoms with van der Waals surface area (Å²) in [5.74, 6) is 0.540. The molecule has 4 rings (SSSR count). The molecule has 0 radical (unpaired) electrons. The minimum absolute atomic E-state index is 0.516. The molecule has 2 heterocycles. The minimum atomic E-state index is 0.516. The van der Waals surface area contributed by atoms with E-state index in [1.165, 1.54) is 25.7 Å². The third kappa shape index (κ3) is 2.63. The van der Waals surface area contributed by atoms with E-state index in [-0.39, 0.29) is 0 Å². The molecule has 1 aliphatic carbocycles. The highest BCUT2D eigenvalue weighted by atomic mass is 32.2. The van der Waals surface area contributed by atoms with E-state index in [9.17, 15) is 0 Å². The van der Waals surface area contributed by atoms with Crippen molar-refractivity contribution in [3.05, 3.63) is 36.8 Å². The summed E-state index contributed by atoms with van der Waals surface area (Å²) in [6.45, 7) is 0. The molecule has 0 saturated heterocycles. The fraction of sp³-hybridized carbons (Fsp3) is 0.294. The summed E-state index contributed by atoms with van der Waals surface area (Å²) in [6, 6.07) is 8.40. The zero-order valence-corrected chi connectivity index (χ0v) is 13.6. The van der Waals surface area contributed by atoms with Gasteiger partial charge in [-0.3, -0.25) is 0 Å². The van der Waals surface area contributed by atoms with Crippen LogP contribution in [-0.4, -0.2) is 14.5 Å². The summed E-state index contributed by atoms with van der Waals surface area (Å²) in [5.41, 5.74) is 13.7. The third-order valence-corrected chi connectivity index (χ3v) is 5.43. The molecule has 0 spiro atoms. The summed E-state index contributed by atoms with van der Waals surface area (Å²) in [7, 11) is 0. The van der Waals surface area contributed by atoms with E-state index in [1.807, 2.05) is 18.2 Å². The molecule has 5 nitrogen and oxygen atoms in total. The van der Waals surface area contributed by atoms with Crippen LogP contribution in [0.1, 0.15) is 31.7 Å². The van der Waals surface area contributed by atoms with Crippen LogP contribution in [0.2, 0.25) is 0 Å². The second-order valence-electron chi connectivity index (χ2n) is 5.97. The predicted molar refractivity (Wildman–Crippen MR) is 94.4 cm³/mol. The number of hydrogen-bond donors (Lipinski definition) is 2. The van der Waals surface area contributed by atoms with Crippen molar-refractivity contribution in [3.63, 3.8) is 0 Å². The molecule has 0 aliphatic heterocycles. The zero-order chi connectivity index (χ0) is 15.8. The zero-order valence-electron chi connectivity index (χ0n) is 12.8. The number of anilines is 2. The number of aromatic nitrogens is 3.